The first kappa shape index (κ1) is 13.0. The van der Waals surface area contributed by atoms with E-state index in [-0.39, 0.29) is 0 Å². The second-order valence-corrected chi connectivity index (χ2v) is 4.19. The lowest BCUT2D eigenvalue weighted by molar-refractivity contribution is 0.100. The third-order valence-electron chi connectivity index (χ3n) is 2.99. The van der Waals surface area contributed by atoms with Gasteiger partial charge in [-0.25, -0.2) is 0 Å². The zero-order valence-corrected chi connectivity index (χ0v) is 10.8. The van der Waals surface area contributed by atoms with E-state index >= 15 is 0 Å². The van der Waals surface area contributed by atoms with Gasteiger partial charge < -0.3 is 16.4 Å². The normalized spacial score (nSPS) is 10.2. The predicted molar refractivity (Wildman–Crippen MR) is 78.5 cm³/mol. The van der Waals surface area contributed by atoms with Crippen molar-refractivity contribution in [2.24, 2.45) is 5.73 Å². The van der Waals surface area contributed by atoms with Gasteiger partial charge in [0.1, 0.15) is 0 Å². The fraction of sp³-hybridized carbons (Fsp3) is 0.133. The van der Waals surface area contributed by atoms with E-state index in [2.05, 4.69) is 0 Å². The molecule has 0 aliphatic heterocycles. The van der Waals surface area contributed by atoms with Crippen LogP contribution in [0.4, 0.5) is 17.1 Å². The van der Waals surface area contributed by atoms with E-state index in [1.807, 2.05) is 42.2 Å². The fourth-order valence-corrected chi connectivity index (χ4v) is 2.14. The van der Waals surface area contributed by atoms with Crippen molar-refractivity contribution in [2.45, 2.75) is 6.92 Å². The van der Waals surface area contributed by atoms with Crippen LogP contribution in [0, 0.1) is 0 Å². The molecule has 4 N–H and O–H groups in total. The van der Waals surface area contributed by atoms with Crippen LogP contribution < -0.4 is 16.4 Å². The molecule has 4 heteroatoms. The highest BCUT2D eigenvalue weighted by atomic mass is 16.1. The van der Waals surface area contributed by atoms with Crippen LogP contribution in [-0.2, 0) is 0 Å². The van der Waals surface area contributed by atoms with Gasteiger partial charge in [-0.2, -0.15) is 0 Å². The lowest BCUT2D eigenvalue weighted by Crippen LogP contribution is -2.23. The van der Waals surface area contributed by atoms with Crippen molar-refractivity contribution < 1.29 is 4.79 Å². The molecule has 0 bridgehead atoms. The Bertz CT molecular complexity index is 581. The highest BCUT2D eigenvalue weighted by Gasteiger charge is 2.17. The van der Waals surface area contributed by atoms with Crippen molar-refractivity contribution in [3.8, 4) is 0 Å². The molecule has 2 rings (SSSR count). The molecule has 0 aromatic heterocycles. The standard InChI is InChI=1S/C15H17N3O/c1-2-18(11-7-4-3-5-8-11)14-12(15(17)19)9-6-10-13(14)16/h3-10H,2,16H2,1H3,(H2,17,19). The molecule has 2 aromatic carbocycles. The van der Waals surface area contributed by atoms with Gasteiger partial charge in [-0.15, -0.1) is 0 Å². The molecule has 0 aliphatic carbocycles. The number of hydrogen-bond donors (Lipinski definition) is 2. The van der Waals surface area contributed by atoms with E-state index in [0.29, 0.717) is 23.5 Å². The Labute approximate surface area is 112 Å². The average Bonchev–Trinajstić information content (AvgIpc) is 2.42. The van der Waals surface area contributed by atoms with Gasteiger partial charge >= 0.3 is 0 Å². The summed E-state index contributed by atoms with van der Waals surface area (Å²) >= 11 is 0. The summed E-state index contributed by atoms with van der Waals surface area (Å²) in [4.78, 5) is 13.5. The summed E-state index contributed by atoms with van der Waals surface area (Å²) in [7, 11) is 0. The molecule has 0 atom stereocenters. The fourth-order valence-electron chi connectivity index (χ4n) is 2.14. The van der Waals surface area contributed by atoms with Gasteiger partial charge in [0, 0.05) is 12.2 Å². The molecule has 98 valence electrons. The second kappa shape index (κ2) is 5.44. The Morgan fingerprint density at radius 3 is 2.37 bits per heavy atom. The molecule has 0 radical (unpaired) electrons. The van der Waals surface area contributed by atoms with Crippen molar-refractivity contribution in [3.63, 3.8) is 0 Å². The molecule has 0 saturated carbocycles. The van der Waals surface area contributed by atoms with Gasteiger partial charge in [0.2, 0.25) is 0 Å². The van der Waals surface area contributed by atoms with Crippen molar-refractivity contribution in [3.05, 3.63) is 54.1 Å². The number of anilines is 3. The predicted octanol–water partition coefficient (Wildman–Crippen LogP) is 2.53. The summed E-state index contributed by atoms with van der Waals surface area (Å²) in [5.41, 5.74) is 14.1. The van der Waals surface area contributed by atoms with Gasteiger partial charge in [-0.1, -0.05) is 24.3 Å². The maximum atomic E-state index is 11.6. The smallest absolute Gasteiger partial charge is 0.250 e. The van der Waals surface area contributed by atoms with Crippen LogP contribution in [0.2, 0.25) is 0 Å². The minimum absolute atomic E-state index is 0.436. The third-order valence-corrected chi connectivity index (χ3v) is 2.99. The number of nitrogens with zero attached hydrogens (tertiary/aromatic N) is 1. The summed E-state index contributed by atoms with van der Waals surface area (Å²) in [6.07, 6.45) is 0. The summed E-state index contributed by atoms with van der Waals surface area (Å²) in [5.74, 6) is -0.475. The second-order valence-electron chi connectivity index (χ2n) is 4.19. The molecule has 0 heterocycles. The zero-order chi connectivity index (χ0) is 13.8. The van der Waals surface area contributed by atoms with E-state index in [0.717, 1.165) is 5.69 Å². The average molecular weight is 255 g/mol. The van der Waals surface area contributed by atoms with Crippen molar-refractivity contribution >= 4 is 23.0 Å². The number of rotatable bonds is 4. The molecular weight excluding hydrogens is 238 g/mol. The molecule has 1 amide bonds. The number of para-hydroxylation sites is 2. The Kier molecular flexibility index (Phi) is 3.71. The van der Waals surface area contributed by atoms with Crippen molar-refractivity contribution in [1.82, 2.24) is 0 Å². The molecule has 0 spiro atoms. The molecule has 0 saturated heterocycles. The maximum Gasteiger partial charge on any atom is 0.250 e. The molecule has 2 aromatic rings. The van der Waals surface area contributed by atoms with Gasteiger partial charge in [0.05, 0.1) is 16.9 Å². The van der Waals surface area contributed by atoms with Crippen LogP contribution in [0.5, 0.6) is 0 Å². The van der Waals surface area contributed by atoms with Gasteiger partial charge in [0.15, 0.2) is 0 Å². The molecule has 4 nitrogen and oxygen atoms in total. The highest BCUT2D eigenvalue weighted by molar-refractivity contribution is 6.02. The first-order chi connectivity index (χ1) is 9.15. The zero-order valence-electron chi connectivity index (χ0n) is 10.8. The number of carbonyl (C=O) groups excluding carboxylic acids is 1. The summed E-state index contributed by atoms with van der Waals surface area (Å²) in [5, 5.41) is 0. The van der Waals surface area contributed by atoms with E-state index < -0.39 is 5.91 Å². The number of carbonyl (C=O) groups is 1. The minimum Gasteiger partial charge on any atom is -0.397 e. The largest absolute Gasteiger partial charge is 0.397 e. The number of benzene rings is 2. The van der Waals surface area contributed by atoms with E-state index in [9.17, 15) is 4.79 Å². The lowest BCUT2D eigenvalue weighted by Gasteiger charge is -2.26. The first-order valence-corrected chi connectivity index (χ1v) is 6.16. The monoisotopic (exact) mass is 255 g/mol. The van der Waals surface area contributed by atoms with E-state index in [1.165, 1.54) is 0 Å². The Balaban J connectivity index is 2.59. The minimum atomic E-state index is -0.475. The number of nitrogen functional groups attached to an aromatic ring is 1. The van der Waals surface area contributed by atoms with Gasteiger partial charge in [-0.05, 0) is 31.2 Å². The van der Waals surface area contributed by atoms with Crippen LogP contribution in [0.15, 0.2) is 48.5 Å². The maximum absolute atomic E-state index is 11.6. The van der Waals surface area contributed by atoms with E-state index in [1.54, 1.807) is 18.2 Å². The number of nitrogens with two attached hydrogens (primary N) is 2. The Morgan fingerprint density at radius 2 is 1.79 bits per heavy atom. The number of hydrogen-bond acceptors (Lipinski definition) is 3. The SMILES string of the molecule is CCN(c1ccccc1)c1c(N)cccc1C(N)=O. The quantitative estimate of drug-likeness (QED) is 0.824. The highest BCUT2D eigenvalue weighted by Crippen LogP contribution is 2.33. The molecule has 0 aliphatic rings. The molecule has 0 unspecified atom stereocenters. The van der Waals surface area contributed by atoms with Crippen molar-refractivity contribution in [1.29, 1.82) is 0 Å². The number of amides is 1. The van der Waals surface area contributed by atoms with Crippen LogP contribution >= 0.6 is 0 Å². The van der Waals surface area contributed by atoms with Crippen LogP contribution in [0.1, 0.15) is 17.3 Å². The number of primary amides is 1. The molecule has 0 fully saturated rings. The van der Waals surface area contributed by atoms with Crippen LogP contribution in [-0.4, -0.2) is 12.5 Å². The lowest BCUT2D eigenvalue weighted by atomic mass is 10.1. The molecular formula is C15H17N3O. The topological polar surface area (TPSA) is 72.3 Å². The Morgan fingerprint density at radius 1 is 1.11 bits per heavy atom. The first-order valence-electron chi connectivity index (χ1n) is 6.16. The molecule has 19 heavy (non-hydrogen) atoms. The van der Waals surface area contributed by atoms with Crippen LogP contribution in [0.3, 0.4) is 0 Å². The van der Waals surface area contributed by atoms with Crippen molar-refractivity contribution in [2.75, 3.05) is 17.2 Å². The van der Waals surface area contributed by atoms with Gasteiger partial charge in [0.25, 0.3) is 5.91 Å². The summed E-state index contributed by atoms with van der Waals surface area (Å²) < 4.78 is 0. The van der Waals surface area contributed by atoms with Gasteiger partial charge in [-0.3, -0.25) is 4.79 Å². The van der Waals surface area contributed by atoms with Crippen LogP contribution in [0.25, 0.3) is 0 Å². The third kappa shape index (κ3) is 2.52. The summed E-state index contributed by atoms with van der Waals surface area (Å²) in [6.45, 7) is 2.70. The van der Waals surface area contributed by atoms with E-state index in [4.69, 9.17) is 11.5 Å². The Hall–Kier alpha value is -2.49. The summed E-state index contributed by atoms with van der Waals surface area (Å²) in [6, 6.07) is 15.0.